The van der Waals surface area contributed by atoms with E-state index < -0.39 is 24.1 Å². The quantitative estimate of drug-likeness (QED) is 0.535. The molecule has 0 aliphatic carbocycles. The topological polar surface area (TPSA) is 108 Å². The van der Waals surface area contributed by atoms with E-state index in [0.29, 0.717) is 13.0 Å². The molecule has 7 heteroatoms. The zero-order valence-electron chi connectivity index (χ0n) is 11.8. The fourth-order valence-corrected chi connectivity index (χ4v) is 1.46. The first-order valence-electron chi connectivity index (χ1n) is 6.40. The van der Waals surface area contributed by atoms with Crippen LogP contribution < -0.4 is 16.0 Å². The Hall–Kier alpha value is -1.79. The average molecular weight is 273 g/mol. The lowest BCUT2D eigenvalue weighted by Crippen LogP contribution is -2.53. The molecular weight excluding hydrogens is 250 g/mol. The number of urea groups is 1. The first kappa shape index (κ1) is 17.2. The summed E-state index contributed by atoms with van der Waals surface area (Å²) in [6.07, 6.45) is 0.628. The van der Waals surface area contributed by atoms with E-state index in [0.717, 1.165) is 0 Å². The van der Waals surface area contributed by atoms with Gasteiger partial charge in [-0.15, -0.1) is 0 Å². The third-order valence-electron chi connectivity index (χ3n) is 2.86. The van der Waals surface area contributed by atoms with Crippen LogP contribution in [0.25, 0.3) is 0 Å². The van der Waals surface area contributed by atoms with Gasteiger partial charge in [0.05, 0.1) is 0 Å². The molecule has 0 bridgehead atoms. The van der Waals surface area contributed by atoms with Crippen molar-refractivity contribution >= 4 is 17.9 Å². The number of likely N-dealkylation sites (N-methyl/N-ethyl adjacent to an activating group) is 1. The van der Waals surface area contributed by atoms with Crippen molar-refractivity contribution < 1.29 is 19.5 Å². The number of carbonyl (C=O) groups is 3. The number of rotatable bonds is 7. The zero-order chi connectivity index (χ0) is 15.0. The number of hydrogen-bond donors (Lipinski definition) is 4. The minimum Gasteiger partial charge on any atom is -0.480 e. The summed E-state index contributed by atoms with van der Waals surface area (Å²) < 4.78 is 0. The van der Waals surface area contributed by atoms with Crippen LogP contribution in [0.3, 0.4) is 0 Å². The Morgan fingerprint density at radius 1 is 1.11 bits per heavy atom. The average Bonchev–Trinajstić information content (AvgIpc) is 2.34. The predicted molar refractivity (Wildman–Crippen MR) is 70.7 cm³/mol. The highest BCUT2D eigenvalue weighted by atomic mass is 16.4. The van der Waals surface area contributed by atoms with Gasteiger partial charge in [0.15, 0.2) is 0 Å². The molecule has 3 unspecified atom stereocenters. The van der Waals surface area contributed by atoms with Crippen molar-refractivity contribution in [2.75, 3.05) is 6.54 Å². The summed E-state index contributed by atoms with van der Waals surface area (Å²) in [5.74, 6) is -1.59. The highest BCUT2D eigenvalue weighted by Crippen LogP contribution is 2.07. The summed E-state index contributed by atoms with van der Waals surface area (Å²) in [5, 5.41) is 16.4. The Morgan fingerprint density at radius 3 is 2.11 bits per heavy atom. The summed E-state index contributed by atoms with van der Waals surface area (Å²) >= 11 is 0. The van der Waals surface area contributed by atoms with Gasteiger partial charge in [-0.05, 0) is 19.8 Å². The summed E-state index contributed by atoms with van der Waals surface area (Å²) in [6, 6.07) is -2.34. The first-order valence-corrected chi connectivity index (χ1v) is 6.40. The highest BCUT2D eigenvalue weighted by Gasteiger charge is 2.26. The van der Waals surface area contributed by atoms with Gasteiger partial charge in [0.2, 0.25) is 5.91 Å². The summed E-state index contributed by atoms with van der Waals surface area (Å²) in [6.45, 7) is 7.36. The molecule has 19 heavy (non-hydrogen) atoms. The molecule has 0 aromatic rings. The molecule has 0 fully saturated rings. The van der Waals surface area contributed by atoms with Gasteiger partial charge in [-0.2, -0.15) is 0 Å². The van der Waals surface area contributed by atoms with Crippen molar-refractivity contribution in [1.82, 2.24) is 16.0 Å². The van der Waals surface area contributed by atoms with E-state index in [1.165, 1.54) is 6.92 Å². The number of carboxylic acid groups (broad SMARTS) is 1. The van der Waals surface area contributed by atoms with Gasteiger partial charge in [-0.25, -0.2) is 9.59 Å². The van der Waals surface area contributed by atoms with E-state index in [1.807, 2.05) is 6.92 Å². The van der Waals surface area contributed by atoms with Crippen LogP contribution in [-0.4, -0.2) is 41.6 Å². The molecule has 7 nitrogen and oxygen atoms in total. The summed E-state index contributed by atoms with van der Waals surface area (Å²) in [7, 11) is 0. The largest absolute Gasteiger partial charge is 0.480 e. The van der Waals surface area contributed by atoms with E-state index in [-0.39, 0.29) is 11.8 Å². The molecule has 3 atom stereocenters. The fraction of sp³-hybridized carbons (Fsp3) is 0.750. The highest BCUT2D eigenvalue weighted by molar-refractivity contribution is 5.88. The Labute approximate surface area is 113 Å². The van der Waals surface area contributed by atoms with Gasteiger partial charge in [-0.3, -0.25) is 4.79 Å². The molecule has 0 radical (unpaired) electrons. The van der Waals surface area contributed by atoms with Crippen LogP contribution in [0.2, 0.25) is 0 Å². The van der Waals surface area contributed by atoms with Crippen LogP contribution in [0.5, 0.6) is 0 Å². The molecular formula is C12H23N3O4. The van der Waals surface area contributed by atoms with Crippen molar-refractivity contribution in [3.8, 4) is 0 Å². The second-order valence-corrected chi connectivity index (χ2v) is 4.44. The maximum Gasteiger partial charge on any atom is 0.326 e. The molecule has 0 rings (SSSR count). The third-order valence-corrected chi connectivity index (χ3v) is 2.86. The van der Waals surface area contributed by atoms with E-state index in [4.69, 9.17) is 5.11 Å². The van der Waals surface area contributed by atoms with Crippen LogP contribution in [-0.2, 0) is 9.59 Å². The number of aliphatic carboxylic acids is 1. The molecule has 0 aromatic heterocycles. The number of nitrogens with one attached hydrogen (secondary N) is 3. The van der Waals surface area contributed by atoms with E-state index >= 15 is 0 Å². The van der Waals surface area contributed by atoms with E-state index in [1.54, 1.807) is 13.8 Å². The Balaban J connectivity index is 4.42. The predicted octanol–water partition coefficient (Wildman–Crippen LogP) is 0.310. The van der Waals surface area contributed by atoms with Crippen LogP contribution in [0, 0.1) is 5.92 Å². The molecule has 0 saturated heterocycles. The lowest BCUT2D eigenvalue weighted by atomic mass is 9.99. The maximum absolute atomic E-state index is 11.6. The zero-order valence-corrected chi connectivity index (χ0v) is 11.8. The van der Waals surface area contributed by atoms with Gasteiger partial charge < -0.3 is 21.1 Å². The Kier molecular flexibility index (Phi) is 7.55. The molecule has 0 spiro atoms. The number of amides is 3. The maximum atomic E-state index is 11.6. The van der Waals surface area contributed by atoms with Crippen LogP contribution in [0.4, 0.5) is 4.79 Å². The Morgan fingerprint density at radius 2 is 1.68 bits per heavy atom. The normalized spacial score (nSPS) is 14.9. The minimum atomic E-state index is -1.09. The standard InChI is InChI=1S/C12H23N3O4/c1-5-7(3)9(11(17)18)15-12(19)14-8(4)10(16)13-6-2/h7-9H,5-6H2,1-4H3,(H,13,16)(H,17,18)(H2,14,15,19). The summed E-state index contributed by atoms with van der Waals surface area (Å²) in [4.78, 5) is 34.1. The number of carboxylic acids is 1. The van der Waals surface area contributed by atoms with Crippen molar-refractivity contribution in [2.24, 2.45) is 5.92 Å². The second kappa shape index (κ2) is 8.34. The molecule has 0 heterocycles. The van der Waals surface area contributed by atoms with Gasteiger partial charge in [0.1, 0.15) is 12.1 Å². The number of hydrogen-bond acceptors (Lipinski definition) is 3. The van der Waals surface area contributed by atoms with E-state index in [2.05, 4.69) is 16.0 Å². The summed E-state index contributed by atoms with van der Waals surface area (Å²) in [5.41, 5.74) is 0. The van der Waals surface area contributed by atoms with Gasteiger partial charge in [0.25, 0.3) is 0 Å². The molecule has 3 amide bonds. The van der Waals surface area contributed by atoms with Crippen molar-refractivity contribution in [2.45, 2.75) is 46.2 Å². The van der Waals surface area contributed by atoms with Crippen molar-refractivity contribution in [3.05, 3.63) is 0 Å². The smallest absolute Gasteiger partial charge is 0.326 e. The fourth-order valence-electron chi connectivity index (χ4n) is 1.46. The van der Waals surface area contributed by atoms with Crippen molar-refractivity contribution in [1.29, 1.82) is 0 Å². The second-order valence-electron chi connectivity index (χ2n) is 4.44. The van der Waals surface area contributed by atoms with Crippen LogP contribution >= 0.6 is 0 Å². The molecule has 0 aliphatic heterocycles. The first-order chi connectivity index (χ1) is 8.83. The van der Waals surface area contributed by atoms with Gasteiger partial charge in [-0.1, -0.05) is 20.3 Å². The third kappa shape index (κ3) is 6.08. The molecule has 4 N–H and O–H groups in total. The Bertz CT molecular complexity index is 333. The molecule has 0 aliphatic rings. The van der Waals surface area contributed by atoms with Crippen molar-refractivity contribution in [3.63, 3.8) is 0 Å². The van der Waals surface area contributed by atoms with Gasteiger partial charge >= 0.3 is 12.0 Å². The molecule has 0 aromatic carbocycles. The van der Waals surface area contributed by atoms with Crippen LogP contribution in [0.15, 0.2) is 0 Å². The monoisotopic (exact) mass is 273 g/mol. The van der Waals surface area contributed by atoms with E-state index in [9.17, 15) is 14.4 Å². The number of carbonyl (C=O) groups excluding carboxylic acids is 2. The lowest BCUT2D eigenvalue weighted by Gasteiger charge is -2.21. The minimum absolute atomic E-state index is 0.192. The SMILES string of the molecule is CCNC(=O)C(C)NC(=O)NC(C(=O)O)C(C)CC. The molecule has 110 valence electrons. The lowest BCUT2D eigenvalue weighted by molar-refractivity contribution is -0.140. The van der Waals surface area contributed by atoms with Gasteiger partial charge in [0, 0.05) is 6.54 Å². The van der Waals surface area contributed by atoms with Crippen LogP contribution in [0.1, 0.15) is 34.1 Å². The molecule has 0 saturated carbocycles.